The minimum absolute atomic E-state index is 0.299. The van der Waals surface area contributed by atoms with Gasteiger partial charge in [0, 0.05) is 0 Å². The summed E-state index contributed by atoms with van der Waals surface area (Å²) in [5.74, 6) is -0.299. The molecule has 0 amide bonds. The Morgan fingerprint density at radius 3 is 1.72 bits per heavy atom. The van der Waals surface area contributed by atoms with Crippen LogP contribution < -0.4 is 0 Å². The third-order valence-electron chi connectivity index (χ3n) is 4.03. The number of hydrogen-bond donors (Lipinski definition) is 0. The summed E-state index contributed by atoms with van der Waals surface area (Å²) in [5.41, 5.74) is 3.06. The highest BCUT2D eigenvalue weighted by Gasteiger charge is 2.33. The molecule has 0 aliphatic rings. The molecule has 126 valence electrons. The molecule has 0 N–H and O–H groups in total. The quantitative estimate of drug-likeness (QED) is 0.479. The van der Waals surface area contributed by atoms with Crippen molar-refractivity contribution >= 4 is 16.9 Å². The Bertz CT molecular complexity index is 822. The zero-order valence-electron chi connectivity index (χ0n) is 14.7. The molecule has 0 saturated heterocycles. The van der Waals surface area contributed by atoms with Crippen LogP contribution in [-0.4, -0.2) is 13.1 Å². The van der Waals surface area contributed by atoms with Crippen LogP contribution in [0.4, 0.5) is 0 Å². The van der Waals surface area contributed by atoms with Gasteiger partial charge in [-0.1, -0.05) is 47.5 Å². The minimum Gasteiger partial charge on any atom is -0.465 e. The summed E-state index contributed by atoms with van der Waals surface area (Å²) in [6.07, 6.45) is 0. The molecule has 3 heteroatoms. The zero-order valence-corrected chi connectivity index (χ0v) is 15.5. The van der Waals surface area contributed by atoms with Crippen LogP contribution in [0.3, 0.4) is 0 Å². The fourth-order valence-electron chi connectivity index (χ4n) is 2.66. The van der Waals surface area contributed by atoms with Crippen molar-refractivity contribution in [3.8, 4) is 0 Å². The number of ether oxygens (including phenoxy) is 1. The van der Waals surface area contributed by atoms with Crippen molar-refractivity contribution in [3.05, 3.63) is 89.5 Å². The standard InChI is InChI=1S/C22H21O2S/c1-16-8-12-18(13-9-16)25(19-14-10-17(2)11-15-19)21-7-5-4-6-20(21)22(23)24-3/h4-15H,1-3H3/q+1. The van der Waals surface area contributed by atoms with Gasteiger partial charge in [-0.15, -0.1) is 0 Å². The van der Waals surface area contributed by atoms with Gasteiger partial charge < -0.3 is 4.74 Å². The number of methoxy groups -OCH3 is 1. The van der Waals surface area contributed by atoms with E-state index in [4.69, 9.17) is 4.74 Å². The molecule has 0 bridgehead atoms. The van der Waals surface area contributed by atoms with Gasteiger partial charge in [0.05, 0.1) is 7.11 Å². The molecule has 0 spiro atoms. The Morgan fingerprint density at radius 1 is 0.760 bits per heavy atom. The van der Waals surface area contributed by atoms with Gasteiger partial charge in [0.2, 0.25) is 0 Å². The number of carbonyl (C=O) groups is 1. The lowest BCUT2D eigenvalue weighted by Gasteiger charge is -2.11. The molecule has 3 aromatic rings. The first-order valence-electron chi connectivity index (χ1n) is 8.15. The van der Waals surface area contributed by atoms with Crippen molar-refractivity contribution in [1.29, 1.82) is 0 Å². The second-order valence-electron chi connectivity index (χ2n) is 5.92. The lowest BCUT2D eigenvalue weighted by molar-refractivity contribution is 0.0596. The average Bonchev–Trinajstić information content (AvgIpc) is 2.65. The molecule has 0 atom stereocenters. The first-order chi connectivity index (χ1) is 12.1. The Hall–Kier alpha value is -2.52. The highest BCUT2D eigenvalue weighted by Crippen LogP contribution is 2.33. The Labute approximate surface area is 151 Å². The van der Waals surface area contributed by atoms with Crippen LogP contribution in [0.15, 0.2) is 87.5 Å². The maximum atomic E-state index is 12.3. The predicted octanol–water partition coefficient (Wildman–Crippen LogP) is 5.19. The van der Waals surface area contributed by atoms with Gasteiger partial charge in [0.25, 0.3) is 0 Å². The average molecular weight is 349 g/mol. The van der Waals surface area contributed by atoms with Crippen LogP contribution in [0, 0.1) is 13.8 Å². The van der Waals surface area contributed by atoms with Gasteiger partial charge in [0.15, 0.2) is 14.7 Å². The molecule has 25 heavy (non-hydrogen) atoms. The molecule has 3 aromatic carbocycles. The Morgan fingerprint density at radius 2 is 1.24 bits per heavy atom. The van der Waals surface area contributed by atoms with E-state index in [0.717, 1.165) is 4.90 Å². The van der Waals surface area contributed by atoms with Gasteiger partial charge in [-0.25, -0.2) is 4.79 Å². The Balaban J connectivity index is 2.20. The van der Waals surface area contributed by atoms with Crippen molar-refractivity contribution in [2.75, 3.05) is 7.11 Å². The van der Waals surface area contributed by atoms with Crippen molar-refractivity contribution in [2.24, 2.45) is 0 Å². The smallest absolute Gasteiger partial charge is 0.343 e. The topological polar surface area (TPSA) is 26.3 Å². The van der Waals surface area contributed by atoms with Gasteiger partial charge in [-0.2, -0.15) is 0 Å². The fraction of sp³-hybridized carbons (Fsp3) is 0.136. The predicted molar refractivity (Wildman–Crippen MR) is 102 cm³/mol. The van der Waals surface area contributed by atoms with Crippen molar-refractivity contribution < 1.29 is 9.53 Å². The van der Waals surface area contributed by atoms with Crippen LogP contribution in [-0.2, 0) is 15.6 Å². The van der Waals surface area contributed by atoms with Crippen LogP contribution in [0.5, 0.6) is 0 Å². The number of benzene rings is 3. The zero-order chi connectivity index (χ0) is 17.8. The Kier molecular flexibility index (Phi) is 5.25. The number of aryl methyl sites for hydroxylation is 2. The second-order valence-corrected chi connectivity index (χ2v) is 7.92. The lowest BCUT2D eigenvalue weighted by Crippen LogP contribution is -2.12. The SMILES string of the molecule is COC(=O)c1ccccc1[S+](c1ccc(C)cc1)c1ccc(C)cc1. The van der Waals surface area contributed by atoms with E-state index in [1.54, 1.807) is 0 Å². The molecule has 0 heterocycles. The number of esters is 1. The molecule has 2 nitrogen and oxygen atoms in total. The molecule has 0 radical (unpaired) electrons. The number of rotatable bonds is 4. The minimum atomic E-state index is -0.366. The second kappa shape index (κ2) is 7.58. The van der Waals surface area contributed by atoms with Crippen LogP contribution in [0.1, 0.15) is 21.5 Å². The van der Waals surface area contributed by atoms with E-state index in [9.17, 15) is 4.79 Å². The largest absolute Gasteiger partial charge is 0.465 e. The third kappa shape index (κ3) is 3.77. The van der Waals surface area contributed by atoms with E-state index in [2.05, 4.69) is 62.4 Å². The summed E-state index contributed by atoms with van der Waals surface area (Å²) in [5, 5.41) is 0. The van der Waals surface area contributed by atoms with Gasteiger partial charge in [-0.05, 0) is 50.2 Å². The molecule has 0 aliphatic carbocycles. The highest BCUT2D eigenvalue weighted by molar-refractivity contribution is 7.97. The molecule has 3 rings (SSSR count). The first-order valence-corrected chi connectivity index (χ1v) is 9.37. The summed E-state index contributed by atoms with van der Waals surface area (Å²) >= 11 is 0. The van der Waals surface area contributed by atoms with Crippen molar-refractivity contribution in [1.82, 2.24) is 0 Å². The maximum absolute atomic E-state index is 12.3. The van der Waals surface area contributed by atoms with Crippen LogP contribution in [0.2, 0.25) is 0 Å². The normalized spacial score (nSPS) is 10.7. The van der Waals surface area contributed by atoms with E-state index in [0.29, 0.717) is 5.56 Å². The molecular formula is C22H21O2S+. The van der Waals surface area contributed by atoms with E-state index in [1.165, 1.54) is 28.0 Å². The van der Waals surface area contributed by atoms with E-state index >= 15 is 0 Å². The van der Waals surface area contributed by atoms with Gasteiger partial charge in [0.1, 0.15) is 16.5 Å². The monoisotopic (exact) mass is 349 g/mol. The molecule has 0 fully saturated rings. The van der Waals surface area contributed by atoms with E-state index in [1.807, 2.05) is 24.3 Å². The summed E-state index contributed by atoms with van der Waals surface area (Å²) < 4.78 is 5.00. The molecule has 0 unspecified atom stereocenters. The first kappa shape index (κ1) is 17.3. The van der Waals surface area contributed by atoms with E-state index < -0.39 is 0 Å². The summed E-state index contributed by atoms with van der Waals surface area (Å²) in [6, 6.07) is 24.8. The summed E-state index contributed by atoms with van der Waals surface area (Å²) in [7, 11) is 1.06. The van der Waals surface area contributed by atoms with Crippen molar-refractivity contribution in [2.45, 2.75) is 28.5 Å². The van der Waals surface area contributed by atoms with E-state index in [-0.39, 0.29) is 16.9 Å². The summed E-state index contributed by atoms with van der Waals surface area (Å²) in [6.45, 7) is 4.16. The highest BCUT2D eigenvalue weighted by atomic mass is 32.2. The number of carbonyl (C=O) groups excluding carboxylic acids is 1. The summed E-state index contributed by atoms with van der Waals surface area (Å²) in [4.78, 5) is 15.7. The van der Waals surface area contributed by atoms with Crippen LogP contribution >= 0.6 is 0 Å². The number of hydrogen-bond acceptors (Lipinski definition) is 2. The van der Waals surface area contributed by atoms with Crippen molar-refractivity contribution in [3.63, 3.8) is 0 Å². The van der Waals surface area contributed by atoms with Gasteiger partial charge in [-0.3, -0.25) is 0 Å². The molecular weight excluding hydrogens is 328 g/mol. The molecule has 0 aliphatic heterocycles. The lowest BCUT2D eigenvalue weighted by atomic mass is 10.2. The fourth-order valence-corrected chi connectivity index (χ4v) is 4.84. The van der Waals surface area contributed by atoms with Crippen LogP contribution in [0.25, 0.3) is 0 Å². The molecule has 0 aromatic heterocycles. The maximum Gasteiger partial charge on any atom is 0.343 e. The molecule has 0 saturated carbocycles. The third-order valence-corrected chi connectivity index (χ3v) is 6.31. The van der Waals surface area contributed by atoms with Gasteiger partial charge >= 0.3 is 5.97 Å².